The first-order valence-electron chi connectivity index (χ1n) is 8.11. The molecular weight excluding hydrogens is 364 g/mol. The molecule has 0 spiro atoms. The van der Waals surface area contributed by atoms with Crippen LogP contribution in [0, 0.1) is 5.92 Å². The number of alkyl halides is 2. The van der Waals surface area contributed by atoms with Crippen molar-refractivity contribution in [1.29, 1.82) is 0 Å². The number of nitrogens with one attached hydrogen (secondary N) is 1. The number of carboxylic acids is 1. The molecule has 0 amide bonds. The number of hydrogen-bond donors (Lipinski definition) is 3. The molecule has 3 N–H and O–H groups in total. The van der Waals surface area contributed by atoms with Gasteiger partial charge in [0.05, 0.1) is 19.0 Å². The van der Waals surface area contributed by atoms with Gasteiger partial charge < -0.3 is 24.8 Å². The highest BCUT2D eigenvalue weighted by atomic mass is 19.3. The highest BCUT2D eigenvalue weighted by Gasteiger charge is 2.58. The second kappa shape index (κ2) is 6.95. The number of ether oxygens (including phenoxy) is 1. The van der Waals surface area contributed by atoms with Crippen LogP contribution in [-0.4, -0.2) is 50.5 Å². The van der Waals surface area contributed by atoms with E-state index in [1.165, 1.54) is 4.57 Å². The largest absolute Gasteiger partial charge is 0.481 e. The van der Waals surface area contributed by atoms with Crippen LogP contribution in [0.15, 0.2) is 36.7 Å². The summed E-state index contributed by atoms with van der Waals surface area (Å²) < 4.78 is 33.6. The molecule has 10 heteroatoms. The van der Waals surface area contributed by atoms with E-state index in [1.54, 1.807) is 37.3 Å². The number of benzene rings is 1. The summed E-state index contributed by atoms with van der Waals surface area (Å²) in [7, 11) is 0. The quantitative estimate of drug-likeness (QED) is 0.676. The average molecular weight is 381 g/mol. The smallest absolute Gasteiger partial charge is 0.360 e. The number of rotatable bonds is 5. The van der Waals surface area contributed by atoms with Crippen molar-refractivity contribution in [3.8, 4) is 0 Å². The fourth-order valence-electron chi connectivity index (χ4n) is 3.23. The minimum atomic E-state index is -3.46. The van der Waals surface area contributed by atoms with Crippen LogP contribution in [0.4, 0.5) is 14.6 Å². The van der Waals surface area contributed by atoms with Gasteiger partial charge in [0.25, 0.3) is 6.43 Å². The molecule has 2 heterocycles. The minimum absolute atomic E-state index is 0.0319. The third-order valence-corrected chi connectivity index (χ3v) is 4.41. The van der Waals surface area contributed by atoms with Gasteiger partial charge in [-0.25, -0.2) is 18.6 Å². The van der Waals surface area contributed by atoms with Crippen molar-refractivity contribution in [1.82, 2.24) is 9.55 Å². The number of carboxylic acid groups (broad SMARTS) is 1. The predicted octanol–water partition coefficient (Wildman–Crippen LogP) is 1.73. The molecule has 8 nitrogen and oxygen atoms in total. The Morgan fingerprint density at radius 1 is 1.37 bits per heavy atom. The van der Waals surface area contributed by atoms with E-state index in [4.69, 9.17) is 4.74 Å². The molecule has 1 aromatic heterocycles. The standard InChI is InChI=1S/C17H17F2N3O5/c1-2-27-15(25)11-13-21-17(26,16(18)19)10(14(23)24)12(22(13)8-20-11)9-6-4-3-5-7-9/h3-8,10,12,16,21,26H,2H2,1H3,(H,23,24). The molecular formula is C17H17F2N3O5. The van der Waals surface area contributed by atoms with Gasteiger partial charge in [-0.3, -0.25) is 4.79 Å². The lowest BCUT2D eigenvalue weighted by Gasteiger charge is -2.43. The third-order valence-electron chi connectivity index (χ3n) is 4.41. The molecule has 27 heavy (non-hydrogen) atoms. The van der Waals surface area contributed by atoms with Gasteiger partial charge in [0.15, 0.2) is 5.69 Å². The van der Waals surface area contributed by atoms with Crippen LogP contribution in [0.25, 0.3) is 0 Å². The molecule has 0 fully saturated rings. The maximum atomic E-state index is 13.8. The number of halogens is 2. The lowest BCUT2D eigenvalue weighted by atomic mass is 9.82. The second-order valence-corrected chi connectivity index (χ2v) is 5.99. The van der Waals surface area contributed by atoms with Crippen molar-refractivity contribution < 1.29 is 33.3 Å². The first-order chi connectivity index (χ1) is 12.8. The summed E-state index contributed by atoms with van der Waals surface area (Å²) in [6, 6.07) is 6.77. The molecule has 144 valence electrons. The van der Waals surface area contributed by atoms with Crippen LogP contribution in [0.3, 0.4) is 0 Å². The second-order valence-electron chi connectivity index (χ2n) is 5.99. The lowest BCUT2D eigenvalue weighted by Crippen LogP contribution is -2.60. The van der Waals surface area contributed by atoms with E-state index in [9.17, 15) is 28.6 Å². The predicted molar refractivity (Wildman–Crippen MR) is 88.5 cm³/mol. The highest BCUT2D eigenvalue weighted by molar-refractivity contribution is 5.93. The van der Waals surface area contributed by atoms with E-state index in [-0.39, 0.29) is 18.1 Å². The molecule has 1 aliphatic rings. The van der Waals surface area contributed by atoms with Crippen LogP contribution in [0.1, 0.15) is 29.0 Å². The molecule has 0 saturated heterocycles. The molecule has 2 aromatic rings. The summed E-state index contributed by atoms with van der Waals surface area (Å²) in [5.74, 6) is -4.69. The minimum Gasteiger partial charge on any atom is -0.481 e. The Labute approximate surface area is 152 Å². The Morgan fingerprint density at radius 2 is 2.04 bits per heavy atom. The van der Waals surface area contributed by atoms with Crippen LogP contribution < -0.4 is 5.32 Å². The molecule has 0 saturated carbocycles. The van der Waals surface area contributed by atoms with Crippen molar-refractivity contribution in [3.63, 3.8) is 0 Å². The zero-order chi connectivity index (χ0) is 19.8. The van der Waals surface area contributed by atoms with Gasteiger partial charge in [-0.15, -0.1) is 0 Å². The monoisotopic (exact) mass is 381 g/mol. The Bertz CT molecular complexity index is 858. The number of fused-ring (bicyclic) bond motifs is 1. The fourth-order valence-corrected chi connectivity index (χ4v) is 3.23. The summed E-state index contributed by atoms with van der Waals surface area (Å²) in [4.78, 5) is 27.8. The summed E-state index contributed by atoms with van der Waals surface area (Å²) >= 11 is 0. The number of anilines is 1. The van der Waals surface area contributed by atoms with Gasteiger partial charge in [0.2, 0.25) is 5.72 Å². The van der Waals surface area contributed by atoms with Crippen LogP contribution >= 0.6 is 0 Å². The van der Waals surface area contributed by atoms with Gasteiger partial charge in [-0.1, -0.05) is 30.3 Å². The van der Waals surface area contributed by atoms with E-state index in [1.807, 2.05) is 0 Å². The van der Waals surface area contributed by atoms with Gasteiger partial charge in [0, 0.05) is 0 Å². The molecule has 0 aliphatic carbocycles. The molecule has 3 atom stereocenters. The Balaban J connectivity index is 2.24. The average Bonchev–Trinajstić information content (AvgIpc) is 3.04. The number of carbonyl (C=O) groups excluding carboxylic acids is 1. The van der Waals surface area contributed by atoms with Gasteiger partial charge in [-0.05, 0) is 12.5 Å². The zero-order valence-corrected chi connectivity index (χ0v) is 14.2. The number of aliphatic hydroxyl groups is 1. The molecule has 3 rings (SSSR count). The number of hydrogen-bond acceptors (Lipinski definition) is 6. The first-order valence-corrected chi connectivity index (χ1v) is 8.11. The van der Waals surface area contributed by atoms with Crippen molar-refractivity contribution in [3.05, 3.63) is 47.9 Å². The van der Waals surface area contributed by atoms with Gasteiger partial charge in [0.1, 0.15) is 11.7 Å². The summed E-state index contributed by atoms with van der Waals surface area (Å²) in [5.41, 5.74) is -3.08. The van der Waals surface area contributed by atoms with Crippen LogP contribution in [0.5, 0.6) is 0 Å². The van der Waals surface area contributed by atoms with Gasteiger partial charge in [-0.2, -0.15) is 0 Å². The lowest BCUT2D eigenvalue weighted by molar-refractivity contribution is -0.170. The number of nitrogens with zero attached hydrogens (tertiary/aromatic N) is 2. The molecule has 1 aliphatic heterocycles. The van der Waals surface area contributed by atoms with E-state index < -0.39 is 36.0 Å². The molecule has 0 radical (unpaired) electrons. The maximum absolute atomic E-state index is 13.8. The topological polar surface area (TPSA) is 114 Å². The number of carbonyl (C=O) groups is 2. The van der Waals surface area contributed by atoms with E-state index in [0.29, 0.717) is 5.56 Å². The summed E-state index contributed by atoms with van der Waals surface area (Å²) in [5, 5.41) is 22.3. The SMILES string of the molecule is CCOC(=O)c1ncn2c1NC(O)(C(F)F)C(C(=O)O)C2c1ccccc1. The number of aliphatic carboxylic acids is 1. The maximum Gasteiger partial charge on any atom is 0.360 e. The Hall–Kier alpha value is -3.01. The summed E-state index contributed by atoms with van der Waals surface area (Å²) in [6.45, 7) is 1.60. The summed E-state index contributed by atoms with van der Waals surface area (Å²) in [6.07, 6.45) is -2.30. The van der Waals surface area contributed by atoms with Crippen molar-refractivity contribution in [2.45, 2.75) is 25.1 Å². The van der Waals surface area contributed by atoms with Crippen LogP contribution in [0.2, 0.25) is 0 Å². The van der Waals surface area contributed by atoms with E-state index in [0.717, 1.165) is 6.33 Å². The third kappa shape index (κ3) is 3.01. The highest BCUT2D eigenvalue weighted by Crippen LogP contribution is 2.44. The van der Waals surface area contributed by atoms with Crippen molar-refractivity contribution in [2.24, 2.45) is 5.92 Å². The number of esters is 1. The van der Waals surface area contributed by atoms with E-state index in [2.05, 4.69) is 10.3 Å². The fraction of sp³-hybridized carbons (Fsp3) is 0.353. The zero-order valence-electron chi connectivity index (χ0n) is 14.2. The van der Waals surface area contributed by atoms with Crippen molar-refractivity contribution in [2.75, 3.05) is 11.9 Å². The van der Waals surface area contributed by atoms with Crippen molar-refractivity contribution >= 4 is 17.8 Å². The van der Waals surface area contributed by atoms with Gasteiger partial charge >= 0.3 is 11.9 Å². The van der Waals surface area contributed by atoms with E-state index >= 15 is 0 Å². The molecule has 1 aromatic carbocycles. The number of imidazole rings is 1. The normalized spacial score (nSPS) is 24.2. The number of aromatic nitrogens is 2. The Kier molecular flexibility index (Phi) is 4.83. The Morgan fingerprint density at radius 3 is 2.59 bits per heavy atom. The molecule has 0 bridgehead atoms. The van der Waals surface area contributed by atoms with Crippen LogP contribution in [-0.2, 0) is 9.53 Å². The first kappa shape index (κ1) is 18.8. The molecule has 3 unspecified atom stereocenters.